The molecule has 1 heterocycles. The first kappa shape index (κ1) is 14.2. The van der Waals surface area contributed by atoms with Crippen molar-refractivity contribution in [3.05, 3.63) is 21.4 Å². The van der Waals surface area contributed by atoms with Gasteiger partial charge in [0.15, 0.2) is 0 Å². The molecule has 1 aromatic rings. The van der Waals surface area contributed by atoms with Crippen LogP contribution in [0.4, 0.5) is 0 Å². The molecule has 0 bridgehead atoms. The SMILES string of the molecule is CCc1cc(C(=O)NC(C)(CC)CO)sc1C. The summed E-state index contributed by atoms with van der Waals surface area (Å²) in [6, 6.07) is 1.95. The second-order valence-electron chi connectivity index (χ2n) is 4.57. The summed E-state index contributed by atoms with van der Waals surface area (Å²) in [5.74, 6) is -0.0869. The first-order valence-electron chi connectivity index (χ1n) is 5.98. The Kier molecular flexibility index (Phi) is 4.71. The summed E-state index contributed by atoms with van der Waals surface area (Å²) in [5, 5.41) is 12.2. The number of hydrogen-bond acceptors (Lipinski definition) is 3. The summed E-state index contributed by atoms with van der Waals surface area (Å²) in [6.07, 6.45) is 1.65. The summed E-state index contributed by atoms with van der Waals surface area (Å²) in [7, 11) is 0. The Morgan fingerprint density at radius 1 is 1.53 bits per heavy atom. The van der Waals surface area contributed by atoms with Crippen LogP contribution in [0, 0.1) is 6.92 Å². The highest BCUT2D eigenvalue weighted by Gasteiger charge is 2.24. The maximum atomic E-state index is 12.0. The quantitative estimate of drug-likeness (QED) is 0.849. The maximum Gasteiger partial charge on any atom is 0.261 e. The van der Waals surface area contributed by atoms with E-state index in [0.29, 0.717) is 6.42 Å². The average Bonchev–Trinajstić information content (AvgIpc) is 2.70. The molecule has 4 heteroatoms. The lowest BCUT2D eigenvalue weighted by atomic mass is 10.0. The Balaban J connectivity index is 2.83. The van der Waals surface area contributed by atoms with E-state index < -0.39 is 5.54 Å². The minimum absolute atomic E-state index is 0.0414. The summed E-state index contributed by atoms with van der Waals surface area (Å²) >= 11 is 1.52. The topological polar surface area (TPSA) is 49.3 Å². The van der Waals surface area contributed by atoms with Crippen LogP contribution >= 0.6 is 11.3 Å². The normalized spacial score (nSPS) is 14.4. The minimum Gasteiger partial charge on any atom is -0.394 e. The van der Waals surface area contributed by atoms with Crippen molar-refractivity contribution in [2.24, 2.45) is 0 Å². The van der Waals surface area contributed by atoms with Crippen molar-refractivity contribution in [2.75, 3.05) is 6.61 Å². The molecule has 0 aliphatic heterocycles. The fraction of sp³-hybridized carbons (Fsp3) is 0.615. The van der Waals surface area contributed by atoms with E-state index in [9.17, 15) is 9.90 Å². The highest BCUT2D eigenvalue weighted by molar-refractivity contribution is 7.14. The number of aryl methyl sites for hydroxylation is 2. The minimum atomic E-state index is -0.526. The summed E-state index contributed by atoms with van der Waals surface area (Å²) in [4.78, 5) is 14.0. The van der Waals surface area contributed by atoms with Crippen LogP contribution in [-0.4, -0.2) is 23.2 Å². The van der Waals surface area contributed by atoms with Gasteiger partial charge in [0.1, 0.15) is 0 Å². The van der Waals surface area contributed by atoms with Gasteiger partial charge in [0, 0.05) is 4.88 Å². The molecular formula is C13H21NO2S. The monoisotopic (exact) mass is 255 g/mol. The van der Waals surface area contributed by atoms with Gasteiger partial charge in [-0.25, -0.2) is 0 Å². The van der Waals surface area contributed by atoms with Gasteiger partial charge >= 0.3 is 0 Å². The van der Waals surface area contributed by atoms with Gasteiger partial charge in [-0.3, -0.25) is 4.79 Å². The predicted molar refractivity (Wildman–Crippen MR) is 71.7 cm³/mol. The van der Waals surface area contributed by atoms with Gasteiger partial charge < -0.3 is 10.4 Å². The highest BCUT2D eigenvalue weighted by atomic mass is 32.1. The Morgan fingerprint density at radius 3 is 2.59 bits per heavy atom. The van der Waals surface area contributed by atoms with E-state index in [0.717, 1.165) is 11.3 Å². The smallest absolute Gasteiger partial charge is 0.261 e. The van der Waals surface area contributed by atoms with E-state index in [4.69, 9.17) is 0 Å². The fourth-order valence-corrected chi connectivity index (χ4v) is 2.57. The average molecular weight is 255 g/mol. The van der Waals surface area contributed by atoms with Gasteiger partial charge in [0.2, 0.25) is 0 Å². The summed E-state index contributed by atoms with van der Waals surface area (Å²) in [6.45, 7) is 7.88. The molecule has 2 N–H and O–H groups in total. The van der Waals surface area contributed by atoms with Gasteiger partial charge in [-0.2, -0.15) is 0 Å². The van der Waals surface area contributed by atoms with Gasteiger partial charge in [-0.15, -0.1) is 11.3 Å². The van der Waals surface area contributed by atoms with Crippen molar-refractivity contribution in [1.29, 1.82) is 0 Å². The molecule has 17 heavy (non-hydrogen) atoms. The van der Waals surface area contributed by atoms with Crippen LogP contribution in [0.5, 0.6) is 0 Å². The van der Waals surface area contributed by atoms with Crippen LogP contribution in [0.3, 0.4) is 0 Å². The Morgan fingerprint density at radius 2 is 2.18 bits per heavy atom. The number of thiophene rings is 1. The maximum absolute atomic E-state index is 12.0. The van der Waals surface area contributed by atoms with E-state index in [1.807, 2.05) is 26.8 Å². The number of carbonyl (C=O) groups is 1. The van der Waals surface area contributed by atoms with E-state index in [-0.39, 0.29) is 12.5 Å². The Hall–Kier alpha value is -0.870. The zero-order chi connectivity index (χ0) is 13.1. The molecule has 0 aliphatic rings. The molecule has 0 saturated carbocycles. The van der Waals surface area contributed by atoms with E-state index in [1.54, 1.807) is 0 Å². The molecule has 1 aromatic heterocycles. The second-order valence-corrected chi connectivity index (χ2v) is 5.83. The van der Waals surface area contributed by atoms with Crippen molar-refractivity contribution in [1.82, 2.24) is 5.32 Å². The summed E-state index contributed by atoms with van der Waals surface area (Å²) < 4.78 is 0. The first-order chi connectivity index (χ1) is 7.95. The van der Waals surface area contributed by atoms with Crippen molar-refractivity contribution in [3.8, 4) is 0 Å². The van der Waals surface area contributed by atoms with Crippen LogP contribution < -0.4 is 5.32 Å². The molecule has 1 amide bonds. The molecule has 0 radical (unpaired) electrons. The van der Waals surface area contributed by atoms with Crippen molar-refractivity contribution in [3.63, 3.8) is 0 Å². The number of amides is 1. The Labute approximate surface area is 107 Å². The second kappa shape index (κ2) is 5.65. The zero-order valence-corrected chi connectivity index (χ0v) is 11.8. The number of aliphatic hydroxyl groups excluding tert-OH is 1. The zero-order valence-electron chi connectivity index (χ0n) is 11.0. The molecule has 3 nitrogen and oxygen atoms in total. The fourth-order valence-electron chi connectivity index (χ4n) is 1.56. The molecule has 0 spiro atoms. The van der Waals surface area contributed by atoms with E-state index in [2.05, 4.69) is 12.2 Å². The molecule has 0 aliphatic carbocycles. The molecule has 1 unspecified atom stereocenters. The van der Waals surface area contributed by atoms with Gasteiger partial charge in [0.25, 0.3) is 5.91 Å². The molecule has 0 aromatic carbocycles. The van der Waals surface area contributed by atoms with Crippen LogP contribution in [0.2, 0.25) is 0 Å². The lowest BCUT2D eigenvalue weighted by molar-refractivity contribution is 0.0851. The standard InChI is InChI=1S/C13H21NO2S/c1-5-10-7-11(17-9(10)3)12(16)14-13(4,6-2)8-15/h7,15H,5-6,8H2,1-4H3,(H,14,16). The van der Waals surface area contributed by atoms with Crippen LogP contribution in [-0.2, 0) is 6.42 Å². The number of rotatable bonds is 5. The molecule has 0 fully saturated rings. The van der Waals surface area contributed by atoms with Gasteiger partial charge in [-0.05, 0) is 38.3 Å². The van der Waals surface area contributed by atoms with Crippen molar-refractivity contribution >= 4 is 17.2 Å². The molecular weight excluding hydrogens is 234 g/mol. The highest BCUT2D eigenvalue weighted by Crippen LogP contribution is 2.22. The molecule has 96 valence electrons. The number of carbonyl (C=O) groups excluding carboxylic acids is 1. The predicted octanol–water partition coefficient (Wildman–Crippen LogP) is 2.51. The van der Waals surface area contributed by atoms with Crippen LogP contribution in [0.15, 0.2) is 6.07 Å². The molecule has 1 atom stereocenters. The third-order valence-corrected chi connectivity index (χ3v) is 4.26. The van der Waals surface area contributed by atoms with Crippen molar-refractivity contribution < 1.29 is 9.90 Å². The number of aliphatic hydroxyl groups is 1. The molecule has 1 rings (SSSR count). The third kappa shape index (κ3) is 3.30. The number of hydrogen-bond donors (Lipinski definition) is 2. The largest absolute Gasteiger partial charge is 0.394 e. The van der Waals surface area contributed by atoms with Crippen molar-refractivity contribution in [2.45, 2.75) is 46.1 Å². The van der Waals surface area contributed by atoms with E-state index >= 15 is 0 Å². The van der Waals surface area contributed by atoms with Crippen LogP contribution in [0.25, 0.3) is 0 Å². The first-order valence-corrected chi connectivity index (χ1v) is 6.80. The lowest BCUT2D eigenvalue weighted by Crippen LogP contribution is -2.48. The van der Waals surface area contributed by atoms with Gasteiger partial charge in [-0.1, -0.05) is 13.8 Å². The molecule has 0 saturated heterocycles. The summed E-state index contributed by atoms with van der Waals surface area (Å²) in [5.41, 5.74) is 0.698. The third-order valence-electron chi connectivity index (χ3n) is 3.17. The van der Waals surface area contributed by atoms with Gasteiger partial charge in [0.05, 0.1) is 17.0 Å². The van der Waals surface area contributed by atoms with Crippen LogP contribution in [0.1, 0.15) is 47.3 Å². The number of nitrogens with one attached hydrogen (secondary N) is 1. The van der Waals surface area contributed by atoms with E-state index in [1.165, 1.54) is 21.8 Å². The Bertz CT molecular complexity index is 394. The lowest BCUT2D eigenvalue weighted by Gasteiger charge is -2.26.